The van der Waals surface area contributed by atoms with E-state index in [0.717, 1.165) is 38.5 Å². The fourth-order valence-electron chi connectivity index (χ4n) is 5.17. The van der Waals surface area contributed by atoms with Crippen LogP contribution in [0.4, 0.5) is 0 Å². The molecule has 2 aromatic rings. The molecule has 2 aromatic carbocycles. The van der Waals surface area contributed by atoms with E-state index in [0.29, 0.717) is 106 Å². The molecule has 0 aromatic heterocycles. The highest BCUT2D eigenvalue weighted by molar-refractivity contribution is 5.27. The van der Waals surface area contributed by atoms with Gasteiger partial charge < -0.3 is 52.8 Å². The van der Waals surface area contributed by atoms with Crippen LogP contribution in [-0.2, 0) is 73.4 Å². The lowest BCUT2D eigenvalue weighted by Gasteiger charge is -2.10. The van der Waals surface area contributed by atoms with E-state index in [1.807, 2.05) is 0 Å². The Labute approximate surface area is 294 Å². The van der Waals surface area contributed by atoms with Gasteiger partial charge in [0.15, 0.2) is 0 Å². The summed E-state index contributed by atoms with van der Waals surface area (Å²) in [5.41, 5.74) is 5.32. The molecule has 4 rings (SSSR count). The summed E-state index contributed by atoms with van der Waals surface area (Å²) in [5.74, 6) is 0. The van der Waals surface area contributed by atoms with E-state index in [9.17, 15) is 0 Å². The third-order valence-electron chi connectivity index (χ3n) is 7.83. The summed E-state index contributed by atoms with van der Waals surface area (Å²) >= 11 is 0. The number of hydrogen-bond donors (Lipinski definition) is 0. The molecule has 2 fully saturated rings. The normalized spacial score (nSPS) is 17.1. The van der Waals surface area contributed by atoms with Gasteiger partial charge in [-0.25, -0.2) is 0 Å². The van der Waals surface area contributed by atoms with Gasteiger partial charge in [-0.1, -0.05) is 75.2 Å². The molecule has 0 bridgehead atoms. The molecule has 0 radical (unpaired) electrons. The molecule has 280 valence electrons. The van der Waals surface area contributed by atoms with Gasteiger partial charge >= 0.3 is 0 Å². The fourth-order valence-corrected chi connectivity index (χ4v) is 5.17. The van der Waals surface area contributed by atoms with Crippen molar-refractivity contribution >= 4 is 0 Å². The van der Waals surface area contributed by atoms with Crippen LogP contribution in [0.15, 0.2) is 48.5 Å². The van der Waals surface area contributed by atoms with Gasteiger partial charge in [0.1, 0.15) is 13.6 Å². The second-order valence-electron chi connectivity index (χ2n) is 11.7. The standard InChI is InChI=1S/2C19H30O5.H2O/c2*1-2-5-17-6-3-4-7-18(17)14-22-13-12-21-11-10-20-9-8-19-15-23-16-24-19;/h2*3-4,6-7,19H,2,5,8-16H2,1H3;1H2. The molecule has 0 amide bonds. The summed E-state index contributed by atoms with van der Waals surface area (Å²) < 4.78 is 54.4. The highest BCUT2D eigenvalue weighted by atomic mass is 16.7. The van der Waals surface area contributed by atoms with Gasteiger partial charge in [0, 0.05) is 13.2 Å². The van der Waals surface area contributed by atoms with Crippen LogP contribution in [0.1, 0.15) is 61.8 Å². The lowest BCUT2D eigenvalue weighted by atomic mass is 10.0. The van der Waals surface area contributed by atoms with Gasteiger partial charge in [0.05, 0.1) is 91.5 Å². The van der Waals surface area contributed by atoms with Crippen molar-refractivity contribution in [3.8, 4) is 0 Å². The van der Waals surface area contributed by atoms with Crippen LogP contribution < -0.4 is 0 Å². The largest absolute Gasteiger partial charge is 0.412 e. The Balaban J connectivity index is 0.000000333. The van der Waals surface area contributed by atoms with Gasteiger partial charge in [-0.05, 0) is 47.9 Å². The van der Waals surface area contributed by atoms with E-state index < -0.39 is 0 Å². The summed E-state index contributed by atoms with van der Waals surface area (Å²) in [6, 6.07) is 16.9. The average Bonchev–Trinajstić information content (AvgIpc) is 3.84. The predicted molar refractivity (Wildman–Crippen MR) is 188 cm³/mol. The third-order valence-corrected chi connectivity index (χ3v) is 7.83. The van der Waals surface area contributed by atoms with Crippen LogP contribution in [0.2, 0.25) is 0 Å². The Morgan fingerprint density at radius 2 is 0.837 bits per heavy atom. The summed E-state index contributed by atoms with van der Waals surface area (Å²) in [4.78, 5) is 0. The lowest BCUT2D eigenvalue weighted by molar-refractivity contribution is 0.000489. The van der Waals surface area contributed by atoms with Crippen molar-refractivity contribution in [3.63, 3.8) is 0 Å². The zero-order chi connectivity index (χ0) is 33.7. The highest BCUT2D eigenvalue weighted by Gasteiger charge is 2.16. The minimum absolute atomic E-state index is 0. The van der Waals surface area contributed by atoms with E-state index in [1.165, 1.54) is 22.3 Å². The molecule has 2 unspecified atom stereocenters. The van der Waals surface area contributed by atoms with Crippen molar-refractivity contribution in [3.05, 3.63) is 70.8 Å². The maximum Gasteiger partial charge on any atom is 0.147 e. The summed E-state index contributed by atoms with van der Waals surface area (Å²) in [7, 11) is 0. The van der Waals surface area contributed by atoms with Crippen LogP contribution in [0.5, 0.6) is 0 Å². The molecule has 2 aliphatic rings. The van der Waals surface area contributed by atoms with E-state index in [2.05, 4.69) is 62.4 Å². The predicted octanol–water partition coefficient (Wildman–Crippen LogP) is 5.08. The molecular weight excluding hydrogens is 632 g/mol. The molecule has 11 nitrogen and oxygen atoms in total. The average molecular weight is 695 g/mol. The number of rotatable bonds is 26. The SMILES string of the molecule is CCCc1ccccc1COCCOCCOCCC1COCO1.CCCc1ccccc1COCCOCCOCCC1COCO1.O. The third kappa shape index (κ3) is 20.4. The van der Waals surface area contributed by atoms with Gasteiger partial charge in [-0.15, -0.1) is 0 Å². The molecule has 0 aliphatic carbocycles. The van der Waals surface area contributed by atoms with E-state index >= 15 is 0 Å². The van der Waals surface area contributed by atoms with Gasteiger partial charge in [-0.3, -0.25) is 0 Å². The van der Waals surface area contributed by atoms with E-state index in [1.54, 1.807) is 0 Å². The molecule has 2 saturated heterocycles. The first-order chi connectivity index (χ1) is 23.8. The first kappa shape index (κ1) is 43.2. The monoisotopic (exact) mass is 694 g/mol. The molecule has 11 heteroatoms. The number of hydrogen-bond acceptors (Lipinski definition) is 10. The quantitative estimate of drug-likeness (QED) is 0.123. The van der Waals surface area contributed by atoms with E-state index in [-0.39, 0.29) is 17.7 Å². The number of ether oxygens (including phenoxy) is 10. The summed E-state index contributed by atoms with van der Waals surface area (Å²) in [6.07, 6.45) is 6.64. The van der Waals surface area contributed by atoms with Crippen LogP contribution in [-0.4, -0.2) is 111 Å². The summed E-state index contributed by atoms with van der Waals surface area (Å²) in [5, 5.41) is 0. The van der Waals surface area contributed by atoms with Crippen molar-refractivity contribution in [2.45, 2.75) is 77.8 Å². The zero-order valence-electron chi connectivity index (χ0n) is 29.9. The Kier molecular flexibility index (Phi) is 26.2. The van der Waals surface area contributed by atoms with Crippen molar-refractivity contribution in [1.29, 1.82) is 0 Å². The maximum atomic E-state index is 5.71. The van der Waals surface area contributed by atoms with Crippen molar-refractivity contribution < 1.29 is 52.8 Å². The second kappa shape index (κ2) is 29.7. The van der Waals surface area contributed by atoms with E-state index in [4.69, 9.17) is 47.4 Å². The summed E-state index contributed by atoms with van der Waals surface area (Å²) in [6.45, 7) is 14.0. The zero-order valence-corrected chi connectivity index (χ0v) is 29.9. The number of aryl methyl sites for hydroxylation is 2. The molecular formula is C38H62O11. The van der Waals surface area contributed by atoms with Gasteiger partial charge in [0.2, 0.25) is 0 Å². The minimum atomic E-state index is 0. The van der Waals surface area contributed by atoms with Crippen molar-refractivity contribution in [2.75, 3.05) is 92.9 Å². The molecule has 2 heterocycles. The Morgan fingerprint density at radius 1 is 0.490 bits per heavy atom. The maximum absolute atomic E-state index is 5.71. The Hall–Kier alpha value is -2.00. The van der Waals surface area contributed by atoms with Gasteiger partial charge in [-0.2, -0.15) is 0 Å². The minimum Gasteiger partial charge on any atom is -0.412 e. The van der Waals surface area contributed by atoms with Crippen LogP contribution in [0.3, 0.4) is 0 Å². The molecule has 49 heavy (non-hydrogen) atoms. The first-order valence-electron chi connectivity index (χ1n) is 17.8. The fraction of sp³-hybridized carbons (Fsp3) is 0.684. The molecule has 0 saturated carbocycles. The molecule has 2 atom stereocenters. The number of benzene rings is 2. The van der Waals surface area contributed by atoms with Crippen LogP contribution in [0.25, 0.3) is 0 Å². The Bertz CT molecular complexity index is 947. The van der Waals surface area contributed by atoms with Crippen molar-refractivity contribution in [2.24, 2.45) is 0 Å². The molecule has 2 N–H and O–H groups in total. The topological polar surface area (TPSA) is 124 Å². The van der Waals surface area contributed by atoms with Crippen LogP contribution >= 0.6 is 0 Å². The molecule has 2 aliphatic heterocycles. The van der Waals surface area contributed by atoms with Gasteiger partial charge in [0.25, 0.3) is 0 Å². The Morgan fingerprint density at radius 3 is 1.18 bits per heavy atom. The highest BCUT2D eigenvalue weighted by Crippen LogP contribution is 2.13. The smallest absolute Gasteiger partial charge is 0.147 e. The first-order valence-corrected chi connectivity index (χ1v) is 17.8. The van der Waals surface area contributed by atoms with Crippen LogP contribution in [0, 0.1) is 0 Å². The lowest BCUT2D eigenvalue weighted by Crippen LogP contribution is -2.15. The second-order valence-corrected chi connectivity index (χ2v) is 11.7. The molecule has 0 spiro atoms. The van der Waals surface area contributed by atoms with Crippen molar-refractivity contribution in [1.82, 2.24) is 0 Å².